The van der Waals surface area contributed by atoms with Crippen LogP contribution < -0.4 is 0 Å². The number of ether oxygens (including phenoxy) is 3. The molecule has 0 aromatic carbocycles. The maximum atomic E-state index is 12.9. The van der Waals surface area contributed by atoms with E-state index in [4.69, 9.17) is 14.2 Å². The van der Waals surface area contributed by atoms with Gasteiger partial charge in [-0.2, -0.15) is 0 Å². The van der Waals surface area contributed by atoms with E-state index in [1.54, 1.807) is 0 Å². The van der Waals surface area contributed by atoms with E-state index in [1.165, 1.54) is 103 Å². The maximum Gasteiger partial charge on any atom is 0.306 e. The molecule has 0 rings (SSSR count). The Morgan fingerprint density at radius 3 is 0.899 bits per heavy atom. The van der Waals surface area contributed by atoms with Crippen LogP contribution >= 0.6 is 0 Å². The lowest BCUT2D eigenvalue weighted by Crippen LogP contribution is -2.30. The van der Waals surface area contributed by atoms with Gasteiger partial charge in [-0.25, -0.2) is 0 Å². The van der Waals surface area contributed by atoms with Gasteiger partial charge in [0.2, 0.25) is 0 Å². The van der Waals surface area contributed by atoms with Crippen molar-refractivity contribution < 1.29 is 28.6 Å². The minimum absolute atomic E-state index is 0.0867. The monoisotopic (exact) mass is 961 g/mol. The van der Waals surface area contributed by atoms with Crippen LogP contribution in [0.2, 0.25) is 0 Å². The van der Waals surface area contributed by atoms with E-state index in [9.17, 15) is 14.4 Å². The van der Waals surface area contributed by atoms with Crippen LogP contribution in [0.4, 0.5) is 0 Å². The third kappa shape index (κ3) is 55.4. The first-order chi connectivity index (χ1) is 34.0. The second kappa shape index (κ2) is 57.2. The first-order valence-electron chi connectivity index (χ1n) is 29.1. The van der Waals surface area contributed by atoms with Gasteiger partial charge >= 0.3 is 17.9 Å². The lowest BCUT2D eigenvalue weighted by molar-refractivity contribution is -0.167. The van der Waals surface area contributed by atoms with Crippen molar-refractivity contribution in [3.05, 3.63) is 85.1 Å². The van der Waals surface area contributed by atoms with Crippen LogP contribution in [-0.2, 0) is 28.6 Å². The molecule has 1 unspecified atom stereocenters. The second-order valence-corrected chi connectivity index (χ2v) is 19.2. The minimum atomic E-state index is -0.791. The van der Waals surface area contributed by atoms with Crippen LogP contribution in [0.25, 0.3) is 0 Å². The highest BCUT2D eigenvalue weighted by molar-refractivity contribution is 5.71. The fourth-order valence-corrected chi connectivity index (χ4v) is 8.03. The molecular formula is C63H108O6. The molecule has 0 saturated heterocycles. The number of carbonyl (C=O) groups is 3. The van der Waals surface area contributed by atoms with Crippen LogP contribution in [0.5, 0.6) is 0 Å². The molecule has 6 nitrogen and oxygen atoms in total. The Labute approximate surface area is 426 Å². The van der Waals surface area contributed by atoms with E-state index >= 15 is 0 Å². The van der Waals surface area contributed by atoms with Crippen LogP contribution in [0.15, 0.2) is 85.1 Å². The molecule has 69 heavy (non-hydrogen) atoms. The first kappa shape index (κ1) is 65.6. The number of allylic oxidation sites excluding steroid dienone is 14. The molecule has 6 heteroatoms. The first-order valence-corrected chi connectivity index (χ1v) is 29.1. The molecule has 0 heterocycles. The summed E-state index contributed by atoms with van der Waals surface area (Å²) in [6.45, 7) is 6.50. The molecule has 0 amide bonds. The van der Waals surface area contributed by atoms with Crippen LogP contribution in [0.1, 0.15) is 278 Å². The Morgan fingerprint density at radius 1 is 0.304 bits per heavy atom. The van der Waals surface area contributed by atoms with Gasteiger partial charge in [-0.05, 0) is 96.3 Å². The number of rotatable bonds is 52. The number of esters is 3. The fraction of sp³-hybridized carbons (Fsp3) is 0.730. The predicted molar refractivity (Wildman–Crippen MR) is 297 cm³/mol. The zero-order valence-corrected chi connectivity index (χ0v) is 45.3. The van der Waals surface area contributed by atoms with Crippen molar-refractivity contribution in [2.45, 2.75) is 284 Å². The molecule has 0 aliphatic carbocycles. The molecule has 0 aliphatic heterocycles. The Hall–Kier alpha value is -3.41. The summed E-state index contributed by atoms with van der Waals surface area (Å²) in [7, 11) is 0. The Morgan fingerprint density at radius 2 is 0.565 bits per heavy atom. The van der Waals surface area contributed by atoms with Crippen LogP contribution in [0.3, 0.4) is 0 Å². The molecule has 396 valence electrons. The van der Waals surface area contributed by atoms with Gasteiger partial charge in [0.15, 0.2) is 6.10 Å². The summed E-state index contributed by atoms with van der Waals surface area (Å²) in [5, 5.41) is 0. The van der Waals surface area contributed by atoms with E-state index in [1.807, 2.05) is 0 Å². The molecule has 1 atom stereocenters. The van der Waals surface area contributed by atoms with Gasteiger partial charge in [0, 0.05) is 19.3 Å². The standard InChI is InChI=1S/C63H108O6/c1-4-7-10-13-16-19-22-25-28-30-31-32-33-34-36-38-41-44-47-50-53-56-62(65)68-59-60(58-67-61(64)55-52-49-46-43-40-37-27-24-21-18-15-12-9-6-3)69-63(66)57-54-51-48-45-42-39-35-29-26-23-20-17-14-11-8-5-2/h7,10,16,19-20,23,25,28-29,31-32,34-36,60H,4-6,8-9,11-15,17-18,21-22,24,26-27,30,33,37-59H2,1-3H3/b10-7-,19-16-,23-20-,28-25-,32-31-,35-29-,36-34-. The molecule has 0 aliphatic rings. The lowest BCUT2D eigenvalue weighted by atomic mass is 10.0. The average Bonchev–Trinajstić information content (AvgIpc) is 3.35. The van der Waals surface area contributed by atoms with Crippen molar-refractivity contribution in [1.82, 2.24) is 0 Å². The SMILES string of the molecule is CC/C=C\C/C=C\C/C=C\C/C=C\C/C=C\CCCCCCCC(=O)OCC(COC(=O)CCCCCCCCCCCCCCCC)OC(=O)CCCCCCC/C=C\C/C=C\CCCCCC. The minimum Gasteiger partial charge on any atom is -0.462 e. The van der Waals surface area contributed by atoms with E-state index < -0.39 is 6.10 Å². The Kier molecular flexibility index (Phi) is 54.3. The van der Waals surface area contributed by atoms with Crippen LogP contribution in [0, 0.1) is 0 Å². The molecular weight excluding hydrogens is 853 g/mol. The number of hydrogen-bond acceptors (Lipinski definition) is 6. The van der Waals surface area contributed by atoms with Gasteiger partial charge in [0.1, 0.15) is 13.2 Å². The third-order valence-electron chi connectivity index (χ3n) is 12.4. The molecule has 0 fully saturated rings. The summed E-state index contributed by atoms with van der Waals surface area (Å²) in [6.07, 6.45) is 74.2. The summed E-state index contributed by atoms with van der Waals surface area (Å²) in [5.74, 6) is -0.913. The van der Waals surface area contributed by atoms with Gasteiger partial charge in [0.25, 0.3) is 0 Å². The van der Waals surface area contributed by atoms with Crippen molar-refractivity contribution in [2.75, 3.05) is 13.2 Å². The summed E-state index contributed by atoms with van der Waals surface area (Å²) < 4.78 is 16.9. The number of unbranched alkanes of at least 4 members (excludes halogenated alkanes) is 27. The molecule has 0 bridgehead atoms. The molecule has 0 saturated carbocycles. The van der Waals surface area contributed by atoms with Gasteiger partial charge < -0.3 is 14.2 Å². The topological polar surface area (TPSA) is 78.9 Å². The van der Waals surface area contributed by atoms with Gasteiger partial charge in [0.05, 0.1) is 0 Å². The highest BCUT2D eigenvalue weighted by Crippen LogP contribution is 2.15. The number of carbonyl (C=O) groups excluding carboxylic acids is 3. The van der Waals surface area contributed by atoms with Crippen molar-refractivity contribution in [2.24, 2.45) is 0 Å². The molecule has 0 aromatic heterocycles. The summed E-state index contributed by atoms with van der Waals surface area (Å²) in [4.78, 5) is 38.2. The summed E-state index contributed by atoms with van der Waals surface area (Å²) in [5.41, 5.74) is 0. The summed E-state index contributed by atoms with van der Waals surface area (Å²) >= 11 is 0. The van der Waals surface area contributed by atoms with Gasteiger partial charge in [-0.15, -0.1) is 0 Å². The quantitative estimate of drug-likeness (QED) is 0.0262. The van der Waals surface area contributed by atoms with Gasteiger partial charge in [-0.1, -0.05) is 247 Å². The zero-order chi connectivity index (χ0) is 50.0. The largest absolute Gasteiger partial charge is 0.462 e. The smallest absolute Gasteiger partial charge is 0.306 e. The van der Waals surface area contributed by atoms with E-state index in [0.717, 1.165) is 135 Å². The van der Waals surface area contributed by atoms with Crippen molar-refractivity contribution in [3.8, 4) is 0 Å². The Balaban J connectivity index is 4.42. The zero-order valence-electron chi connectivity index (χ0n) is 45.3. The Bertz CT molecular complexity index is 1330. The fourth-order valence-electron chi connectivity index (χ4n) is 8.03. The second-order valence-electron chi connectivity index (χ2n) is 19.2. The molecule has 0 radical (unpaired) electrons. The van der Waals surface area contributed by atoms with E-state index in [0.29, 0.717) is 19.3 Å². The lowest BCUT2D eigenvalue weighted by Gasteiger charge is -2.18. The van der Waals surface area contributed by atoms with E-state index in [-0.39, 0.29) is 31.1 Å². The van der Waals surface area contributed by atoms with Crippen LogP contribution in [-0.4, -0.2) is 37.2 Å². The molecule has 0 spiro atoms. The highest BCUT2D eigenvalue weighted by Gasteiger charge is 2.19. The predicted octanol–water partition coefficient (Wildman–Crippen LogP) is 19.5. The number of hydrogen-bond donors (Lipinski definition) is 0. The van der Waals surface area contributed by atoms with Crippen molar-refractivity contribution in [3.63, 3.8) is 0 Å². The molecule has 0 aromatic rings. The third-order valence-corrected chi connectivity index (χ3v) is 12.4. The van der Waals surface area contributed by atoms with Gasteiger partial charge in [-0.3, -0.25) is 14.4 Å². The van der Waals surface area contributed by atoms with Crippen molar-refractivity contribution >= 4 is 17.9 Å². The maximum absolute atomic E-state index is 12.9. The summed E-state index contributed by atoms with van der Waals surface area (Å²) in [6, 6.07) is 0. The molecule has 0 N–H and O–H groups in total. The van der Waals surface area contributed by atoms with Crippen molar-refractivity contribution in [1.29, 1.82) is 0 Å². The van der Waals surface area contributed by atoms with E-state index in [2.05, 4.69) is 106 Å². The highest BCUT2D eigenvalue weighted by atomic mass is 16.6. The normalized spacial score (nSPS) is 12.7. The average molecular weight is 962 g/mol.